The number of benzene rings is 1. The summed E-state index contributed by atoms with van der Waals surface area (Å²) < 4.78 is 18.2. The Bertz CT molecular complexity index is 1010. The zero-order valence-corrected chi connectivity index (χ0v) is 14.9. The SMILES string of the molecule is OCC1O[C@@H](n2cnc3c(NCc4ccc5c(c4)OCO5)ncnc32)C[C@H]1O. The van der Waals surface area contributed by atoms with Crippen molar-refractivity contribution in [1.82, 2.24) is 19.5 Å². The second-order valence-corrected chi connectivity index (χ2v) is 6.70. The van der Waals surface area contributed by atoms with E-state index in [4.69, 9.17) is 14.2 Å². The molecule has 28 heavy (non-hydrogen) atoms. The Morgan fingerprint density at radius 3 is 2.93 bits per heavy atom. The van der Waals surface area contributed by atoms with Gasteiger partial charge in [-0.2, -0.15) is 0 Å². The van der Waals surface area contributed by atoms with Crippen molar-refractivity contribution in [2.75, 3.05) is 18.7 Å². The van der Waals surface area contributed by atoms with Crippen molar-refractivity contribution < 1.29 is 24.4 Å². The number of hydrogen-bond donors (Lipinski definition) is 3. The van der Waals surface area contributed by atoms with E-state index in [2.05, 4.69) is 20.3 Å². The van der Waals surface area contributed by atoms with Gasteiger partial charge in [0.1, 0.15) is 18.7 Å². The van der Waals surface area contributed by atoms with Gasteiger partial charge in [0.05, 0.1) is 19.0 Å². The van der Waals surface area contributed by atoms with Gasteiger partial charge in [0.2, 0.25) is 6.79 Å². The molecule has 3 aromatic rings. The van der Waals surface area contributed by atoms with Gasteiger partial charge in [-0.15, -0.1) is 0 Å². The molecule has 0 bridgehead atoms. The second kappa shape index (κ2) is 6.89. The van der Waals surface area contributed by atoms with E-state index in [9.17, 15) is 10.2 Å². The first kappa shape index (κ1) is 17.2. The summed E-state index contributed by atoms with van der Waals surface area (Å²) in [6.45, 7) is 0.535. The van der Waals surface area contributed by atoms with Crippen LogP contribution in [0.2, 0.25) is 0 Å². The minimum absolute atomic E-state index is 0.235. The molecule has 10 nitrogen and oxygen atoms in total. The van der Waals surface area contributed by atoms with Crippen LogP contribution in [-0.2, 0) is 11.3 Å². The van der Waals surface area contributed by atoms with E-state index in [-0.39, 0.29) is 13.4 Å². The first-order valence-corrected chi connectivity index (χ1v) is 8.97. The van der Waals surface area contributed by atoms with Crippen molar-refractivity contribution in [2.24, 2.45) is 0 Å². The Balaban J connectivity index is 1.37. The monoisotopic (exact) mass is 385 g/mol. The normalized spacial score (nSPS) is 23.4. The lowest BCUT2D eigenvalue weighted by atomic mass is 10.2. The summed E-state index contributed by atoms with van der Waals surface area (Å²) >= 11 is 0. The van der Waals surface area contributed by atoms with Gasteiger partial charge in [-0.05, 0) is 17.7 Å². The van der Waals surface area contributed by atoms with Gasteiger partial charge >= 0.3 is 0 Å². The first-order valence-electron chi connectivity index (χ1n) is 8.97. The Kier molecular flexibility index (Phi) is 4.23. The summed E-state index contributed by atoms with van der Waals surface area (Å²) in [5.41, 5.74) is 2.22. The van der Waals surface area contributed by atoms with Crippen LogP contribution in [0.3, 0.4) is 0 Å². The predicted octanol–water partition coefficient (Wildman–Crippen LogP) is 0.808. The van der Waals surface area contributed by atoms with Crippen LogP contribution in [0.1, 0.15) is 18.2 Å². The summed E-state index contributed by atoms with van der Waals surface area (Å²) in [5.74, 6) is 2.07. The fraction of sp³-hybridized carbons (Fsp3) is 0.389. The lowest BCUT2D eigenvalue weighted by Gasteiger charge is -2.13. The molecule has 2 aliphatic heterocycles. The van der Waals surface area contributed by atoms with Crippen LogP contribution < -0.4 is 14.8 Å². The van der Waals surface area contributed by atoms with Crippen LogP contribution in [0.4, 0.5) is 5.82 Å². The third-order valence-electron chi connectivity index (χ3n) is 4.95. The maximum Gasteiger partial charge on any atom is 0.231 e. The molecule has 146 valence electrons. The average molecular weight is 385 g/mol. The molecule has 1 fully saturated rings. The number of aromatic nitrogens is 4. The molecule has 0 amide bonds. The van der Waals surface area contributed by atoms with E-state index >= 15 is 0 Å². The second-order valence-electron chi connectivity index (χ2n) is 6.70. The summed E-state index contributed by atoms with van der Waals surface area (Å²) in [4.78, 5) is 13.0. The highest BCUT2D eigenvalue weighted by Crippen LogP contribution is 2.33. The van der Waals surface area contributed by atoms with Gasteiger partial charge < -0.3 is 29.7 Å². The van der Waals surface area contributed by atoms with Crippen molar-refractivity contribution in [3.8, 4) is 11.5 Å². The molecule has 3 atom stereocenters. The van der Waals surface area contributed by atoms with Gasteiger partial charge in [0.15, 0.2) is 28.5 Å². The highest BCUT2D eigenvalue weighted by molar-refractivity contribution is 5.82. The molecular formula is C18H19N5O5. The number of nitrogens with zero attached hydrogens (tertiary/aromatic N) is 4. The molecule has 4 heterocycles. The zero-order valence-electron chi connectivity index (χ0n) is 14.9. The number of fused-ring (bicyclic) bond motifs is 2. The van der Waals surface area contributed by atoms with Crippen LogP contribution in [-0.4, -0.2) is 55.3 Å². The maximum atomic E-state index is 9.98. The van der Waals surface area contributed by atoms with Crippen molar-refractivity contribution in [3.63, 3.8) is 0 Å². The summed E-state index contributed by atoms with van der Waals surface area (Å²) in [6.07, 6.45) is 1.67. The van der Waals surface area contributed by atoms with Crippen LogP contribution in [0.5, 0.6) is 11.5 Å². The third kappa shape index (κ3) is 2.91. The lowest BCUT2D eigenvalue weighted by Crippen LogP contribution is -2.24. The van der Waals surface area contributed by atoms with Gasteiger partial charge in [-0.3, -0.25) is 4.57 Å². The number of nitrogens with one attached hydrogen (secondary N) is 1. The van der Waals surface area contributed by atoms with Gasteiger partial charge in [0, 0.05) is 13.0 Å². The number of rotatable bonds is 5. The van der Waals surface area contributed by atoms with Crippen molar-refractivity contribution in [2.45, 2.75) is 31.4 Å². The quantitative estimate of drug-likeness (QED) is 0.585. The van der Waals surface area contributed by atoms with Crippen molar-refractivity contribution in [3.05, 3.63) is 36.4 Å². The van der Waals surface area contributed by atoms with E-state index in [0.29, 0.717) is 29.9 Å². The minimum atomic E-state index is -0.724. The van der Waals surface area contributed by atoms with E-state index in [1.54, 1.807) is 10.9 Å². The first-order chi connectivity index (χ1) is 13.7. The molecule has 5 rings (SSSR count). The molecule has 0 spiro atoms. The van der Waals surface area contributed by atoms with E-state index in [1.807, 2.05) is 18.2 Å². The largest absolute Gasteiger partial charge is 0.454 e. The molecule has 0 saturated carbocycles. The number of hydrogen-bond acceptors (Lipinski definition) is 9. The molecule has 0 radical (unpaired) electrons. The number of aliphatic hydroxyl groups is 2. The molecule has 3 N–H and O–H groups in total. The minimum Gasteiger partial charge on any atom is -0.454 e. The van der Waals surface area contributed by atoms with Gasteiger partial charge in [-0.25, -0.2) is 15.0 Å². The summed E-state index contributed by atoms with van der Waals surface area (Å²) in [6, 6.07) is 5.76. The number of aliphatic hydroxyl groups excluding tert-OH is 2. The average Bonchev–Trinajstić information content (AvgIpc) is 3.43. The highest BCUT2D eigenvalue weighted by Gasteiger charge is 2.35. The standard InChI is InChI=1S/C18H19N5O5/c24-6-14-11(25)4-15(28-14)23-8-22-16-17(20-7-21-18(16)23)19-5-10-1-2-12-13(3-10)27-9-26-12/h1-3,7-8,11,14-15,24-25H,4-6,9H2,(H,19,20,21)/t11-,14?,15-/m1/s1. The van der Waals surface area contributed by atoms with Crippen molar-refractivity contribution in [1.29, 1.82) is 0 Å². The smallest absolute Gasteiger partial charge is 0.231 e. The molecule has 0 aliphatic carbocycles. The lowest BCUT2D eigenvalue weighted by molar-refractivity contribution is -0.0432. The topological polar surface area (TPSA) is 124 Å². The predicted molar refractivity (Wildman–Crippen MR) is 96.8 cm³/mol. The summed E-state index contributed by atoms with van der Waals surface area (Å²) in [5, 5.41) is 22.5. The number of anilines is 1. The number of imidazole rings is 1. The zero-order chi connectivity index (χ0) is 19.1. The van der Waals surface area contributed by atoms with Crippen LogP contribution >= 0.6 is 0 Å². The van der Waals surface area contributed by atoms with Crippen molar-refractivity contribution >= 4 is 17.0 Å². The molecule has 1 aromatic carbocycles. The molecule has 1 unspecified atom stereocenters. The fourth-order valence-corrected chi connectivity index (χ4v) is 3.48. The van der Waals surface area contributed by atoms with Gasteiger partial charge in [0.25, 0.3) is 0 Å². The van der Waals surface area contributed by atoms with E-state index in [0.717, 1.165) is 17.1 Å². The summed E-state index contributed by atoms with van der Waals surface area (Å²) in [7, 11) is 0. The highest BCUT2D eigenvalue weighted by atomic mass is 16.7. The van der Waals surface area contributed by atoms with E-state index < -0.39 is 18.4 Å². The van der Waals surface area contributed by atoms with Crippen LogP contribution in [0, 0.1) is 0 Å². The van der Waals surface area contributed by atoms with Gasteiger partial charge in [-0.1, -0.05) is 6.07 Å². The number of ether oxygens (including phenoxy) is 3. The molecule has 10 heteroatoms. The third-order valence-corrected chi connectivity index (χ3v) is 4.95. The molecule has 2 aliphatic rings. The Morgan fingerprint density at radius 1 is 1.18 bits per heavy atom. The fourth-order valence-electron chi connectivity index (χ4n) is 3.48. The molecule has 2 aromatic heterocycles. The molecule has 1 saturated heterocycles. The van der Waals surface area contributed by atoms with E-state index in [1.165, 1.54) is 6.33 Å². The van der Waals surface area contributed by atoms with Crippen LogP contribution in [0.15, 0.2) is 30.9 Å². The maximum absolute atomic E-state index is 9.98. The Morgan fingerprint density at radius 2 is 2.07 bits per heavy atom. The Hall–Kier alpha value is -2.95. The van der Waals surface area contributed by atoms with Crippen LogP contribution in [0.25, 0.3) is 11.2 Å². The molecular weight excluding hydrogens is 366 g/mol. The Labute approximate surface area is 159 Å².